The van der Waals surface area contributed by atoms with Crippen LogP contribution in [-0.2, 0) is 4.74 Å². The third-order valence-electron chi connectivity index (χ3n) is 3.74. The number of aromatic amines is 1. The number of rotatable bonds is 3. The Balaban J connectivity index is 2.16. The van der Waals surface area contributed by atoms with Crippen LogP contribution in [0.4, 0.5) is 0 Å². The van der Waals surface area contributed by atoms with Crippen molar-refractivity contribution in [2.45, 2.75) is 25.0 Å². The Labute approximate surface area is 108 Å². The van der Waals surface area contributed by atoms with Crippen LogP contribution in [-0.4, -0.2) is 33.8 Å². The number of benzene rings is 1. The molecule has 0 amide bonds. The zero-order valence-corrected chi connectivity index (χ0v) is 10.4. The van der Waals surface area contributed by atoms with E-state index >= 15 is 0 Å². The van der Waals surface area contributed by atoms with Crippen molar-refractivity contribution in [1.82, 2.24) is 9.55 Å². The molecule has 2 N–H and O–H groups in total. The standard InChI is InChI=1S/C13H14N2O4/c1-19-8-5-7(6-8)15-11-9(12(16)17)3-2-4-10(11)14-13(15)18/h2-4,7-8H,5-6H2,1H3,(H,14,18)(H,16,17). The lowest BCUT2D eigenvalue weighted by Crippen LogP contribution is -2.37. The number of ether oxygens (including phenoxy) is 1. The van der Waals surface area contributed by atoms with E-state index in [2.05, 4.69) is 4.98 Å². The number of H-pyrrole nitrogens is 1. The van der Waals surface area contributed by atoms with Crippen LogP contribution in [0.2, 0.25) is 0 Å². The molecule has 1 aliphatic carbocycles. The molecule has 0 spiro atoms. The minimum atomic E-state index is -1.03. The van der Waals surface area contributed by atoms with E-state index in [-0.39, 0.29) is 23.4 Å². The fourth-order valence-electron chi connectivity index (χ4n) is 2.64. The second-order valence-corrected chi connectivity index (χ2v) is 4.79. The van der Waals surface area contributed by atoms with Gasteiger partial charge in [0.2, 0.25) is 0 Å². The van der Waals surface area contributed by atoms with Gasteiger partial charge in [0.25, 0.3) is 0 Å². The van der Waals surface area contributed by atoms with Gasteiger partial charge in [-0.05, 0) is 25.0 Å². The van der Waals surface area contributed by atoms with Gasteiger partial charge in [-0.3, -0.25) is 4.57 Å². The number of hydrogen-bond acceptors (Lipinski definition) is 3. The fourth-order valence-corrected chi connectivity index (χ4v) is 2.64. The Kier molecular flexibility index (Phi) is 2.67. The lowest BCUT2D eigenvalue weighted by molar-refractivity contribution is 0.00645. The Hall–Kier alpha value is -2.08. The van der Waals surface area contributed by atoms with Crippen LogP contribution < -0.4 is 5.69 Å². The third kappa shape index (κ3) is 1.76. The van der Waals surface area contributed by atoms with Crippen LogP contribution in [0.1, 0.15) is 29.2 Å². The molecule has 6 nitrogen and oxygen atoms in total. The summed E-state index contributed by atoms with van der Waals surface area (Å²) in [5.74, 6) is -1.03. The van der Waals surface area contributed by atoms with Crippen molar-refractivity contribution >= 4 is 17.0 Å². The molecular weight excluding hydrogens is 248 g/mol. The van der Waals surface area contributed by atoms with E-state index < -0.39 is 5.97 Å². The van der Waals surface area contributed by atoms with Crippen LogP contribution in [0.5, 0.6) is 0 Å². The number of methoxy groups -OCH3 is 1. The molecular formula is C13H14N2O4. The van der Waals surface area contributed by atoms with Crippen molar-refractivity contribution in [3.63, 3.8) is 0 Å². The highest BCUT2D eigenvalue weighted by Gasteiger charge is 2.33. The number of imidazole rings is 1. The highest BCUT2D eigenvalue weighted by molar-refractivity contribution is 6.01. The molecule has 1 aliphatic rings. The number of aromatic carboxylic acids is 1. The van der Waals surface area contributed by atoms with Gasteiger partial charge in [0.15, 0.2) is 0 Å². The Morgan fingerprint density at radius 3 is 2.84 bits per heavy atom. The molecule has 0 atom stereocenters. The number of hydrogen-bond donors (Lipinski definition) is 2. The summed E-state index contributed by atoms with van der Waals surface area (Å²) in [6.45, 7) is 0. The van der Waals surface area contributed by atoms with Gasteiger partial charge in [-0.1, -0.05) is 6.07 Å². The van der Waals surface area contributed by atoms with Gasteiger partial charge in [-0.15, -0.1) is 0 Å². The average molecular weight is 262 g/mol. The van der Waals surface area contributed by atoms with Gasteiger partial charge in [0.1, 0.15) is 0 Å². The van der Waals surface area contributed by atoms with E-state index in [4.69, 9.17) is 4.74 Å². The fraction of sp³-hybridized carbons (Fsp3) is 0.385. The van der Waals surface area contributed by atoms with E-state index in [9.17, 15) is 14.7 Å². The highest BCUT2D eigenvalue weighted by Crippen LogP contribution is 2.35. The number of nitrogens with one attached hydrogen (secondary N) is 1. The lowest BCUT2D eigenvalue weighted by Gasteiger charge is -2.34. The maximum absolute atomic E-state index is 12.0. The van der Waals surface area contributed by atoms with Crippen molar-refractivity contribution in [2.75, 3.05) is 7.11 Å². The van der Waals surface area contributed by atoms with E-state index in [1.54, 1.807) is 23.8 Å². The molecule has 100 valence electrons. The number of carbonyl (C=O) groups is 1. The van der Waals surface area contributed by atoms with E-state index in [0.29, 0.717) is 11.0 Å². The van der Waals surface area contributed by atoms with Crippen LogP contribution in [0, 0.1) is 0 Å². The van der Waals surface area contributed by atoms with Gasteiger partial charge < -0.3 is 14.8 Å². The molecule has 1 heterocycles. The summed E-state index contributed by atoms with van der Waals surface area (Å²) in [5.41, 5.74) is 0.922. The van der Waals surface area contributed by atoms with Crippen molar-refractivity contribution in [2.24, 2.45) is 0 Å². The first-order valence-electron chi connectivity index (χ1n) is 6.11. The summed E-state index contributed by atoms with van der Waals surface area (Å²) >= 11 is 0. The SMILES string of the molecule is COC1CC(n2c(=O)[nH]c3cccc(C(=O)O)c32)C1. The number of para-hydroxylation sites is 1. The summed E-state index contributed by atoms with van der Waals surface area (Å²) in [6, 6.07) is 4.87. The lowest BCUT2D eigenvalue weighted by atomic mass is 9.89. The van der Waals surface area contributed by atoms with Crippen LogP contribution >= 0.6 is 0 Å². The first kappa shape index (κ1) is 12.0. The van der Waals surface area contributed by atoms with Gasteiger partial charge in [0.05, 0.1) is 22.7 Å². The first-order valence-corrected chi connectivity index (χ1v) is 6.11. The molecule has 0 aliphatic heterocycles. The molecule has 1 aromatic carbocycles. The van der Waals surface area contributed by atoms with E-state index in [0.717, 1.165) is 12.8 Å². The van der Waals surface area contributed by atoms with Gasteiger partial charge >= 0.3 is 11.7 Å². The monoisotopic (exact) mass is 262 g/mol. The Morgan fingerprint density at radius 2 is 2.21 bits per heavy atom. The summed E-state index contributed by atoms with van der Waals surface area (Å²) < 4.78 is 6.75. The molecule has 0 radical (unpaired) electrons. The van der Waals surface area contributed by atoms with Crippen LogP contribution in [0.15, 0.2) is 23.0 Å². The zero-order chi connectivity index (χ0) is 13.6. The van der Waals surface area contributed by atoms with Crippen molar-refractivity contribution in [3.05, 3.63) is 34.2 Å². The molecule has 0 saturated heterocycles. The van der Waals surface area contributed by atoms with Crippen LogP contribution in [0.3, 0.4) is 0 Å². The summed E-state index contributed by atoms with van der Waals surface area (Å²) in [7, 11) is 1.64. The number of carboxylic acid groups (broad SMARTS) is 1. The Bertz CT molecular complexity index is 694. The Morgan fingerprint density at radius 1 is 1.47 bits per heavy atom. The molecule has 1 fully saturated rings. The first-order chi connectivity index (χ1) is 9.11. The van der Waals surface area contributed by atoms with Crippen molar-refractivity contribution in [3.8, 4) is 0 Å². The second kappa shape index (κ2) is 4.24. The van der Waals surface area contributed by atoms with Crippen molar-refractivity contribution < 1.29 is 14.6 Å². The number of carboxylic acids is 1. The summed E-state index contributed by atoms with van der Waals surface area (Å²) in [4.78, 5) is 26.0. The van der Waals surface area contributed by atoms with Gasteiger partial charge in [0, 0.05) is 13.2 Å². The average Bonchev–Trinajstić information content (AvgIpc) is 2.64. The van der Waals surface area contributed by atoms with Crippen molar-refractivity contribution in [1.29, 1.82) is 0 Å². The second-order valence-electron chi connectivity index (χ2n) is 4.79. The molecule has 6 heteroatoms. The summed E-state index contributed by atoms with van der Waals surface area (Å²) in [5, 5.41) is 9.23. The number of nitrogens with zero attached hydrogens (tertiary/aromatic N) is 1. The maximum Gasteiger partial charge on any atom is 0.337 e. The molecule has 3 rings (SSSR count). The predicted octanol–water partition coefficient (Wildman–Crippen LogP) is 1.38. The van der Waals surface area contributed by atoms with E-state index in [1.807, 2.05) is 0 Å². The zero-order valence-electron chi connectivity index (χ0n) is 10.4. The molecule has 1 saturated carbocycles. The molecule has 19 heavy (non-hydrogen) atoms. The third-order valence-corrected chi connectivity index (χ3v) is 3.74. The minimum absolute atomic E-state index is 0.00620. The molecule has 1 aromatic heterocycles. The number of aromatic nitrogens is 2. The quantitative estimate of drug-likeness (QED) is 0.875. The topological polar surface area (TPSA) is 84.3 Å². The minimum Gasteiger partial charge on any atom is -0.478 e. The van der Waals surface area contributed by atoms with Gasteiger partial charge in [-0.25, -0.2) is 9.59 Å². The summed E-state index contributed by atoms with van der Waals surface area (Å²) in [6.07, 6.45) is 1.62. The molecule has 0 unspecified atom stereocenters. The molecule has 0 bridgehead atoms. The van der Waals surface area contributed by atoms with E-state index in [1.165, 1.54) is 6.07 Å². The van der Waals surface area contributed by atoms with Crippen LogP contribution in [0.25, 0.3) is 11.0 Å². The van der Waals surface area contributed by atoms with Gasteiger partial charge in [-0.2, -0.15) is 0 Å². The largest absolute Gasteiger partial charge is 0.478 e. The maximum atomic E-state index is 12.0. The highest BCUT2D eigenvalue weighted by atomic mass is 16.5. The smallest absolute Gasteiger partial charge is 0.337 e. The normalized spacial score (nSPS) is 22.4. The molecule has 2 aromatic rings. The predicted molar refractivity (Wildman–Crippen MR) is 68.6 cm³/mol. The number of fused-ring (bicyclic) bond motifs is 1.